The van der Waals surface area contributed by atoms with Crippen molar-refractivity contribution in [3.05, 3.63) is 88.9 Å². The molecule has 0 aliphatic carbocycles. The van der Waals surface area contributed by atoms with Crippen LogP contribution in [0.4, 0.5) is 39.5 Å². The van der Waals surface area contributed by atoms with Gasteiger partial charge < -0.3 is 4.55 Å². The predicted molar refractivity (Wildman–Crippen MR) is 122 cm³/mol. The molecule has 0 saturated heterocycles. The van der Waals surface area contributed by atoms with Gasteiger partial charge in [-0.2, -0.15) is 39.5 Å². The molecule has 0 N–H and O–H groups in total. The number of alkyl halides is 9. The smallest absolute Gasteiger partial charge is 0.460 e. The summed E-state index contributed by atoms with van der Waals surface area (Å²) in [4.78, 5) is 3.77. The molecule has 0 aromatic heterocycles. The van der Waals surface area contributed by atoms with E-state index in [1.54, 1.807) is 0 Å². The lowest BCUT2D eigenvalue weighted by Crippen LogP contribution is -2.63. The number of rotatable bonds is 6. The summed E-state index contributed by atoms with van der Waals surface area (Å²) >= 11 is 12.0. The Kier molecular flexibility index (Phi) is 9.75. The third-order valence-corrected chi connectivity index (χ3v) is 8.13. The summed E-state index contributed by atoms with van der Waals surface area (Å²) in [7, 11) is -7.57. The summed E-state index contributed by atoms with van der Waals surface area (Å²) in [6.45, 7) is 0. The second kappa shape index (κ2) is 11.5. The molecular formula is C22H13Cl2F9O3S2. The van der Waals surface area contributed by atoms with Crippen molar-refractivity contribution in [2.75, 3.05) is 0 Å². The molecule has 3 rings (SSSR count). The van der Waals surface area contributed by atoms with E-state index >= 15 is 0 Å². The first kappa shape index (κ1) is 32.1. The summed E-state index contributed by atoms with van der Waals surface area (Å²) < 4.78 is 135. The first-order valence-electron chi connectivity index (χ1n) is 9.70. The fourth-order valence-corrected chi connectivity index (χ4v) is 5.38. The van der Waals surface area contributed by atoms with Crippen LogP contribution in [-0.4, -0.2) is 36.2 Å². The van der Waals surface area contributed by atoms with Crippen LogP contribution in [0.5, 0.6) is 0 Å². The Hall–Kier alpha value is -2.13. The van der Waals surface area contributed by atoms with Gasteiger partial charge in [0.1, 0.15) is 0 Å². The zero-order valence-electron chi connectivity index (χ0n) is 18.2. The molecule has 0 aliphatic heterocycles. The van der Waals surface area contributed by atoms with Gasteiger partial charge in [-0.3, -0.25) is 0 Å². The van der Waals surface area contributed by atoms with E-state index in [2.05, 4.69) is 48.5 Å². The molecule has 38 heavy (non-hydrogen) atoms. The molecule has 0 unspecified atom stereocenters. The average Bonchev–Trinajstić information content (AvgIpc) is 2.81. The van der Waals surface area contributed by atoms with E-state index in [-0.39, 0.29) is 10.9 Å². The molecule has 0 aliphatic rings. The molecule has 3 aromatic carbocycles. The van der Waals surface area contributed by atoms with Crippen LogP contribution in [0.3, 0.4) is 0 Å². The lowest BCUT2D eigenvalue weighted by atomic mass is 10.1. The van der Waals surface area contributed by atoms with Crippen molar-refractivity contribution < 1.29 is 52.5 Å². The van der Waals surface area contributed by atoms with Gasteiger partial charge in [0.15, 0.2) is 24.8 Å². The summed E-state index contributed by atoms with van der Waals surface area (Å²) in [5.74, 6) is -14.8. The fourth-order valence-electron chi connectivity index (χ4n) is 2.62. The summed E-state index contributed by atoms with van der Waals surface area (Å²) in [5, 5.41) is -5.60. The van der Waals surface area contributed by atoms with Crippen molar-refractivity contribution in [3.8, 4) is 0 Å². The van der Waals surface area contributed by atoms with Crippen LogP contribution in [0.1, 0.15) is 0 Å². The monoisotopic (exact) mass is 630 g/mol. The number of benzene rings is 3. The minimum Gasteiger partial charge on any atom is -0.743 e. The second-order valence-electron chi connectivity index (χ2n) is 7.14. The molecule has 3 aromatic rings. The second-order valence-corrected chi connectivity index (χ2v) is 11.5. The lowest BCUT2D eigenvalue weighted by molar-refractivity contribution is -0.382. The van der Waals surface area contributed by atoms with E-state index < -0.39 is 33.4 Å². The minimum absolute atomic E-state index is 0.148. The molecule has 0 atom stereocenters. The van der Waals surface area contributed by atoms with Crippen molar-refractivity contribution >= 4 is 44.2 Å². The molecule has 0 bridgehead atoms. The highest BCUT2D eigenvalue weighted by Gasteiger charge is 2.83. The number of hydrogen-bond donors (Lipinski definition) is 0. The normalized spacial score (nSPS) is 13.2. The standard InChI is InChI=1S/C18H13Cl2S.C4HF9O3S/c19-14-6-10-17(11-7-14)21(16-4-2-1-3-5-16)18-12-8-15(20)9-13-18;5-1(6,3(9,10)11)2(7,8)4(12,13)17(14,15)16/h1-13H;(H,14,15,16)/q+1;/p-1. The van der Waals surface area contributed by atoms with Gasteiger partial charge in [0.25, 0.3) is 0 Å². The van der Waals surface area contributed by atoms with Gasteiger partial charge in [0, 0.05) is 10.0 Å². The fraction of sp³-hybridized carbons (Fsp3) is 0.182. The topological polar surface area (TPSA) is 57.2 Å². The third-order valence-electron chi connectivity index (χ3n) is 4.51. The zero-order valence-corrected chi connectivity index (χ0v) is 21.3. The maximum atomic E-state index is 12.2. The van der Waals surface area contributed by atoms with Crippen LogP contribution in [-0.2, 0) is 21.0 Å². The summed E-state index contributed by atoms with van der Waals surface area (Å²) in [5.41, 5.74) is 0. The Labute approximate surface area is 223 Å². The SMILES string of the molecule is Clc1ccc([S+](c2ccccc2)c2ccc(Cl)cc2)cc1.O=S(=O)([O-])C(F)(F)C(F)(F)C(F)(F)C(F)(F)F. The molecule has 208 valence electrons. The zero-order chi connectivity index (χ0) is 29.2. The minimum atomic E-state index is -7.43. The van der Waals surface area contributed by atoms with E-state index in [4.69, 9.17) is 23.2 Å². The summed E-state index contributed by atoms with van der Waals surface area (Å²) in [6.07, 6.45) is -7.16. The molecule has 0 fully saturated rings. The summed E-state index contributed by atoms with van der Waals surface area (Å²) in [6, 6.07) is 26.6. The van der Waals surface area contributed by atoms with Crippen LogP contribution in [0.25, 0.3) is 0 Å². The first-order chi connectivity index (χ1) is 17.2. The van der Waals surface area contributed by atoms with Crippen LogP contribution in [0.15, 0.2) is 93.5 Å². The Balaban J connectivity index is 0.000000275. The largest absolute Gasteiger partial charge is 0.743 e. The highest BCUT2D eigenvalue weighted by molar-refractivity contribution is 7.97. The van der Waals surface area contributed by atoms with Crippen molar-refractivity contribution in [2.45, 2.75) is 38.0 Å². The number of halogens is 11. The van der Waals surface area contributed by atoms with E-state index in [1.807, 2.05) is 30.3 Å². The van der Waals surface area contributed by atoms with Crippen LogP contribution >= 0.6 is 23.2 Å². The van der Waals surface area contributed by atoms with Gasteiger partial charge in [0.05, 0.1) is 10.9 Å². The van der Waals surface area contributed by atoms with E-state index in [0.29, 0.717) is 0 Å². The van der Waals surface area contributed by atoms with E-state index in [0.717, 1.165) is 10.0 Å². The lowest BCUT2D eigenvalue weighted by Gasteiger charge is -2.34. The van der Waals surface area contributed by atoms with E-state index in [1.165, 1.54) is 14.7 Å². The highest BCUT2D eigenvalue weighted by Crippen LogP contribution is 2.54. The van der Waals surface area contributed by atoms with Gasteiger partial charge in [-0.15, -0.1) is 0 Å². The van der Waals surface area contributed by atoms with Gasteiger partial charge in [0.2, 0.25) is 0 Å². The Morgan fingerprint density at radius 1 is 0.579 bits per heavy atom. The van der Waals surface area contributed by atoms with Gasteiger partial charge in [-0.25, -0.2) is 8.42 Å². The van der Waals surface area contributed by atoms with Crippen molar-refractivity contribution in [1.82, 2.24) is 0 Å². The van der Waals surface area contributed by atoms with Gasteiger partial charge in [-0.1, -0.05) is 41.4 Å². The Morgan fingerprint density at radius 2 is 0.921 bits per heavy atom. The van der Waals surface area contributed by atoms with Crippen LogP contribution < -0.4 is 0 Å². The van der Waals surface area contributed by atoms with Crippen LogP contribution in [0, 0.1) is 0 Å². The molecule has 0 radical (unpaired) electrons. The van der Waals surface area contributed by atoms with Gasteiger partial charge in [-0.05, 0) is 60.7 Å². The molecule has 0 amide bonds. The van der Waals surface area contributed by atoms with E-state index in [9.17, 15) is 52.5 Å². The number of hydrogen-bond acceptors (Lipinski definition) is 3. The van der Waals surface area contributed by atoms with Crippen molar-refractivity contribution in [1.29, 1.82) is 0 Å². The molecule has 0 saturated carbocycles. The predicted octanol–water partition coefficient (Wildman–Crippen LogP) is 8.05. The molecular weight excluding hydrogens is 618 g/mol. The van der Waals surface area contributed by atoms with Crippen molar-refractivity contribution in [2.24, 2.45) is 0 Å². The molecule has 0 heterocycles. The highest BCUT2D eigenvalue weighted by atomic mass is 35.5. The average molecular weight is 631 g/mol. The van der Waals surface area contributed by atoms with Crippen molar-refractivity contribution in [3.63, 3.8) is 0 Å². The maximum absolute atomic E-state index is 12.2. The van der Waals surface area contributed by atoms with Gasteiger partial charge >= 0.3 is 23.3 Å². The molecule has 16 heteroatoms. The Bertz CT molecular complexity index is 1270. The van der Waals surface area contributed by atoms with Crippen LogP contribution in [0.2, 0.25) is 10.0 Å². The third kappa shape index (κ3) is 6.71. The molecule has 0 spiro atoms. The quantitative estimate of drug-likeness (QED) is 0.157. The first-order valence-corrected chi connectivity index (χ1v) is 13.1. The maximum Gasteiger partial charge on any atom is 0.460 e. The Morgan fingerprint density at radius 3 is 1.24 bits per heavy atom. The molecule has 3 nitrogen and oxygen atoms in total.